The topological polar surface area (TPSA) is 65.0 Å². The lowest BCUT2D eigenvalue weighted by Gasteiger charge is -2.38. The zero-order chi connectivity index (χ0) is 17.7. The van der Waals surface area contributed by atoms with Crippen molar-refractivity contribution in [3.63, 3.8) is 0 Å². The minimum atomic E-state index is -0.620. The lowest BCUT2D eigenvalue weighted by molar-refractivity contribution is -0.242. The van der Waals surface area contributed by atoms with Crippen LogP contribution >= 0.6 is 0 Å². The van der Waals surface area contributed by atoms with Crippen molar-refractivity contribution in [3.05, 3.63) is 29.8 Å². The molecule has 0 radical (unpaired) electrons. The van der Waals surface area contributed by atoms with E-state index in [1.54, 1.807) is 14.0 Å². The van der Waals surface area contributed by atoms with Gasteiger partial charge in [0, 0.05) is 24.7 Å². The standard InChI is InChI=1S/C19H28O5/c1-12-11-23-18(10-15-5-7-16(22-4)8-6-15)24-19(12)14(3)17(21)9-13(2)20/h5-8,12-14,18-20H,9-11H2,1-4H3/t12-,13-,14-,18-,19-/m0/s1. The second-order valence-corrected chi connectivity index (χ2v) is 6.70. The average Bonchev–Trinajstić information content (AvgIpc) is 2.56. The Balaban J connectivity index is 1.97. The molecule has 5 heteroatoms. The molecule has 1 aliphatic heterocycles. The zero-order valence-corrected chi connectivity index (χ0v) is 14.9. The fourth-order valence-corrected chi connectivity index (χ4v) is 3.03. The molecule has 5 atom stereocenters. The molecule has 5 nitrogen and oxygen atoms in total. The molecule has 1 aromatic carbocycles. The van der Waals surface area contributed by atoms with Crippen molar-refractivity contribution in [2.45, 2.75) is 52.1 Å². The third kappa shape index (κ3) is 5.03. The Kier molecular flexibility index (Phi) is 6.78. The monoisotopic (exact) mass is 336 g/mol. The number of hydrogen-bond acceptors (Lipinski definition) is 5. The fraction of sp³-hybridized carbons (Fsp3) is 0.632. The number of aliphatic hydroxyl groups excluding tert-OH is 1. The molecule has 0 amide bonds. The lowest BCUT2D eigenvalue weighted by Crippen LogP contribution is -2.45. The minimum absolute atomic E-state index is 0.0342. The van der Waals surface area contributed by atoms with E-state index in [1.807, 2.05) is 38.1 Å². The largest absolute Gasteiger partial charge is 0.497 e. The van der Waals surface area contributed by atoms with E-state index in [-0.39, 0.29) is 36.4 Å². The molecule has 1 aromatic rings. The molecular formula is C19H28O5. The van der Waals surface area contributed by atoms with Crippen molar-refractivity contribution in [3.8, 4) is 5.75 Å². The summed E-state index contributed by atoms with van der Waals surface area (Å²) in [5, 5.41) is 9.43. The van der Waals surface area contributed by atoms with Crippen molar-refractivity contribution >= 4 is 5.78 Å². The third-order valence-electron chi connectivity index (χ3n) is 4.47. The second-order valence-electron chi connectivity index (χ2n) is 6.70. The van der Waals surface area contributed by atoms with Crippen LogP contribution in [-0.4, -0.2) is 43.1 Å². The first-order valence-electron chi connectivity index (χ1n) is 8.51. The molecule has 1 fully saturated rings. The van der Waals surface area contributed by atoms with Crippen LogP contribution in [0.25, 0.3) is 0 Å². The quantitative estimate of drug-likeness (QED) is 0.829. The van der Waals surface area contributed by atoms with Gasteiger partial charge in [-0.05, 0) is 24.6 Å². The molecule has 134 valence electrons. The molecule has 0 spiro atoms. The van der Waals surface area contributed by atoms with Gasteiger partial charge in [-0.25, -0.2) is 0 Å². The Bertz CT molecular complexity index is 525. The number of ether oxygens (including phenoxy) is 3. The van der Waals surface area contributed by atoms with E-state index < -0.39 is 6.10 Å². The maximum absolute atomic E-state index is 12.2. The van der Waals surface area contributed by atoms with Crippen LogP contribution in [0.15, 0.2) is 24.3 Å². The summed E-state index contributed by atoms with van der Waals surface area (Å²) in [5.74, 6) is 0.738. The number of methoxy groups -OCH3 is 1. The first-order valence-corrected chi connectivity index (χ1v) is 8.51. The first kappa shape index (κ1) is 18.9. The van der Waals surface area contributed by atoms with Crippen LogP contribution in [-0.2, 0) is 20.7 Å². The van der Waals surface area contributed by atoms with Gasteiger partial charge in [0.1, 0.15) is 11.5 Å². The summed E-state index contributed by atoms with van der Waals surface area (Å²) in [5.41, 5.74) is 1.09. The Labute approximate surface area is 143 Å². The normalized spacial score (nSPS) is 26.6. The molecule has 0 bridgehead atoms. The summed E-state index contributed by atoms with van der Waals surface area (Å²) in [6.45, 7) is 6.10. The minimum Gasteiger partial charge on any atom is -0.497 e. The van der Waals surface area contributed by atoms with Gasteiger partial charge < -0.3 is 19.3 Å². The number of rotatable bonds is 7. The molecular weight excluding hydrogens is 308 g/mol. The van der Waals surface area contributed by atoms with Crippen LogP contribution in [0, 0.1) is 11.8 Å². The SMILES string of the molecule is COc1ccc(C[C@H]2OC[C@H](C)[C@@H]([C@@H](C)C(=O)C[C@H](C)O)O2)cc1. The molecule has 1 N–H and O–H groups in total. The Hall–Kier alpha value is -1.43. The molecule has 0 aliphatic carbocycles. The summed E-state index contributed by atoms with van der Waals surface area (Å²) in [6.07, 6.45) is -0.373. The fourth-order valence-electron chi connectivity index (χ4n) is 3.03. The van der Waals surface area contributed by atoms with Crippen molar-refractivity contribution in [1.29, 1.82) is 0 Å². The van der Waals surface area contributed by atoms with E-state index in [4.69, 9.17) is 14.2 Å². The van der Waals surface area contributed by atoms with Gasteiger partial charge in [0.25, 0.3) is 0 Å². The number of benzene rings is 1. The Morgan fingerprint density at radius 2 is 2.00 bits per heavy atom. The maximum Gasteiger partial charge on any atom is 0.162 e. The zero-order valence-electron chi connectivity index (χ0n) is 14.9. The predicted octanol–water partition coefficient (Wildman–Crippen LogP) is 2.59. The van der Waals surface area contributed by atoms with Crippen LogP contribution in [0.1, 0.15) is 32.8 Å². The molecule has 24 heavy (non-hydrogen) atoms. The van der Waals surface area contributed by atoms with E-state index >= 15 is 0 Å². The van der Waals surface area contributed by atoms with Gasteiger partial charge in [-0.2, -0.15) is 0 Å². The van der Waals surface area contributed by atoms with Crippen LogP contribution in [0.3, 0.4) is 0 Å². The van der Waals surface area contributed by atoms with E-state index in [9.17, 15) is 9.90 Å². The van der Waals surface area contributed by atoms with E-state index in [0.717, 1.165) is 11.3 Å². The average molecular weight is 336 g/mol. The molecule has 0 unspecified atom stereocenters. The molecule has 1 heterocycles. The summed E-state index contributed by atoms with van der Waals surface area (Å²) >= 11 is 0. The molecule has 2 rings (SSSR count). The van der Waals surface area contributed by atoms with E-state index in [1.165, 1.54) is 0 Å². The third-order valence-corrected chi connectivity index (χ3v) is 4.47. The van der Waals surface area contributed by atoms with Gasteiger partial charge in [-0.1, -0.05) is 26.0 Å². The van der Waals surface area contributed by atoms with Gasteiger partial charge in [0.15, 0.2) is 6.29 Å². The first-order chi connectivity index (χ1) is 11.4. The van der Waals surface area contributed by atoms with Crippen LogP contribution in [0.5, 0.6) is 5.75 Å². The van der Waals surface area contributed by atoms with Crippen molar-refractivity contribution < 1.29 is 24.1 Å². The van der Waals surface area contributed by atoms with Crippen molar-refractivity contribution in [2.24, 2.45) is 11.8 Å². The van der Waals surface area contributed by atoms with Crippen LogP contribution in [0.2, 0.25) is 0 Å². The summed E-state index contributed by atoms with van der Waals surface area (Å²) in [7, 11) is 1.64. The number of Topliss-reactive ketones (excluding diaryl/α,β-unsaturated/α-hetero) is 1. The number of hydrogen-bond donors (Lipinski definition) is 1. The highest BCUT2D eigenvalue weighted by molar-refractivity contribution is 5.81. The number of carbonyl (C=O) groups excluding carboxylic acids is 1. The van der Waals surface area contributed by atoms with Crippen LogP contribution in [0.4, 0.5) is 0 Å². The molecule has 1 aliphatic rings. The number of ketones is 1. The van der Waals surface area contributed by atoms with Gasteiger partial charge in [-0.3, -0.25) is 4.79 Å². The van der Waals surface area contributed by atoms with Gasteiger partial charge in [-0.15, -0.1) is 0 Å². The highest BCUT2D eigenvalue weighted by Crippen LogP contribution is 2.28. The van der Waals surface area contributed by atoms with E-state index in [2.05, 4.69) is 0 Å². The Morgan fingerprint density at radius 1 is 1.33 bits per heavy atom. The van der Waals surface area contributed by atoms with Gasteiger partial charge in [0.2, 0.25) is 0 Å². The van der Waals surface area contributed by atoms with Gasteiger partial charge >= 0.3 is 0 Å². The van der Waals surface area contributed by atoms with Crippen molar-refractivity contribution in [2.75, 3.05) is 13.7 Å². The van der Waals surface area contributed by atoms with Crippen molar-refractivity contribution in [1.82, 2.24) is 0 Å². The maximum atomic E-state index is 12.2. The summed E-state index contributed by atoms with van der Waals surface area (Å²) in [4.78, 5) is 12.2. The number of aliphatic hydroxyl groups is 1. The smallest absolute Gasteiger partial charge is 0.162 e. The number of carbonyl (C=O) groups is 1. The second kappa shape index (κ2) is 8.60. The molecule has 0 aromatic heterocycles. The molecule has 1 saturated heterocycles. The Morgan fingerprint density at radius 3 is 2.58 bits per heavy atom. The van der Waals surface area contributed by atoms with Gasteiger partial charge in [0.05, 0.1) is 25.9 Å². The highest BCUT2D eigenvalue weighted by Gasteiger charge is 2.36. The summed E-state index contributed by atoms with van der Waals surface area (Å²) in [6, 6.07) is 7.79. The highest BCUT2D eigenvalue weighted by atomic mass is 16.7. The lowest BCUT2D eigenvalue weighted by atomic mass is 9.88. The summed E-state index contributed by atoms with van der Waals surface area (Å²) < 4.78 is 17.0. The van der Waals surface area contributed by atoms with Crippen LogP contribution < -0.4 is 4.74 Å². The van der Waals surface area contributed by atoms with E-state index in [0.29, 0.717) is 13.0 Å². The predicted molar refractivity (Wildman–Crippen MR) is 90.9 cm³/mol. The molecule has 0 saturated carbocycles.